The summed E-state index contributed by atoms with van der Waals surface area (Å²) in [5, 5.41) is 22.3. The Morgan fingerprint density at radius 2 is 2.11 bits per heavy atom. The average Bonchev–Trinajstić information content (AvgIpc) is 3.04. The number of hydrogen-bond donors (Lipinski definition) is 1. The first-order valence-corrected chi connectivity index (χ1v) is 7.92. The number of carbonyl (C=O) groups is 1. The molecule has 1 N–H and O–H groups in total. The lowest BCUT2D eigenvalue weighted by Crippen LogP contribution is -2.15. The fourth-order valence-electron chi connectivity index (χ4n) is 2.45. The van der Waals surface area contributed by atoms with E-state index in [1.54, 1.807) is 6.07 Å². The minimum Gasteiger partial charge on any atom is -0.319 e. The number of aryl methyl sites for hydroxylation is 1. The van der Waals surface area contributed by atoms with Crippen LogP contribution in [0.15, 0.2) is 30.3 Å². The molecule has 2 aromatic heterocycles. The van der Waals surface area contributed by atoms with Crippen LogP contribution in [0, 0.1) is 28.4 Å². The fourth-order valence-corrected chi connectivity index (χ4v) is 2.58. The first-order valence-electron chi connectivity index (χ1n) is 7.54. The van der Waals surface area contributed by atoms with Crippen LogP contribution in [-0.4, -0.2) is 25.4 Å². The predicted molar refractivity (Wildman–Crippen MR) is 93.2 cm³/mol. The molecule has 3 rings (SSSR count). The summed E-state index contributed by atoms with van der Waals surface area (Å²) in [5.74, 6) is -0.822. The van der Waals surface area contributed by atoms with Crippen LogP contribution in [0.1, 0.15) is 27.4 Å². The summed E-state index contributed by atoms with van der Waals surface area (Å²) in [5.41, 5.74) is -1.17. The van der Waals surface area contributed by atoms with Gasteiger partial charge in [-0.25, -0.2) is 9.50 Å². The number of nitro groups is 1. The topological polar surface area (TPSA) is 126 Å². The van der Waals surface area contributed by atoms with Gasteiger partial charge in [0.2, 0.25) is 0 Å². The van der Waals surface area contributed by atoms with Crippen molar-refractivity contribution >= 4 is 34.5 Å². The molecule has 12 heteroatoms. The molecule has 0 unspecified atom stereocenters. The molecule has 0 spiro atoms. The number of anilines is 1. The van der Waals surface area contributed by atoms with Gasteiger partial charge in [-0.2, -0.15) is 19.1 Å². The Morgan fingerprint density at radius 3 is 2.71 bits per heavy atom. The maximum atomic E-state index is 13.6. The van der Waals surface area contributed by atoms with E-state index in [0.29, 0.717) is 0 Å². The summed E-state index contributed by atoms with van der Waals surface area (Å²) < 4.78 is 28.0. The first-order chi connectivity index (χ1) is 13.1. The van der Waals surface area contributed by atoms with E-state index in [9.17, 15) is 23.7 Å². The van der Waals surface area contributed by atoms with Gasteiger partial charge in [-0.1, -0.05) is 0 Å². The molecule has 0 radical (unpaired) electrons. The Kier molecular flexibility index (Phi) is 4.66. The number of nitrogens with zero attached hydrogens (tertiary/aromatic N) is 5. The molecule has 1 amide bonds. The number of nitrogens with one attached hydrogen (secondary N) is 1. The van der Waals surface area contributed by atoms with Crippen LogP contribution in [0.2, 0.25) is 0 Å². The maximum Gasteiger partial charge on any atom is 0.364 e. The van der Waals surface area contributed by atoms with E-state index in [1.807, 2.05) is 0 Å². The van der Waals surface area contributed by atoms with E-state index < -0.39 is 21.9 Å². The molecule has 9 nitrogen and oxygen atoms in total. The number of halogens is 3. The zero-order chi connectivity index (χ0) is 20.6. The molecule has 0 bridgehead atoms. The predicted octanol–water partition coefficient (Wildman–Crippen LogP) is 3.36. The summed E-state index contributed by atoms with van der Waals surface area (Å²) in [6.45, 7) is 1.48. The van der Waals surface area contributed by atoms with Gasteiger partial charge in [0.15, 0.2) is 11.3 Å². The minimum atomic E-state index is -3.74. The number of non-ortho nitro benzene ring substituents is 1. The van der Waals surface area contributed by atoms with Crippen LogP contribution in [0.3, 0.4) is 0 Å². The van der Waals surface area contributed by atoms with Gasteiger partial charge in [0.05, 0.1) is 16.2 Å². The van der Waals surface area contributed by atoms with Gasteiger partial charge >= 0.3 is 5.38 Å². The highest BCUT2D eigenvalue weighted by Gasteiger charge is 2.32. The Bertz CT molecular complexity index is 1170. The third kappa shape index (κ3) is 3.58. The van der Waals surface area contributed by atoms with E-state index in [2.05, 4.69) is 15.4 Å². The number of alkyl halides is 3. The highest BCUT2D eigenvalue weighted by atomic mass is 35.5. The van der Waals surface area contributed by atoms with Crippen LogP contribution >= 0.6 is 11.6 Å². The Hall–Kier alpha value is -3.65. The smallest absolute Gasteiger partial charge is 0.319 e. The number of benzene rings is 1. The third-order valence-corrected chi connectivity index (χ3v) is 3.85. The number of fused-ring (bicyclic) bond motifs is 1. The standard InChI is InChI=1S/C16H9ClF2N6O3/c1-8-4-13(16(17,18)19)24-14(21-8)6-12(23-24)15(26)22-11-3-2-10(25(27)28)5-9(11)7-20/h2-6H,1H3,(H,22,26). The van der Waals surface area contributed by atoms with Crippen LogP contribution in [-0.2, 0) is 5.38 Å². The third-order valence-electron chi connectivity index (χ3n) is 3.66. The summed E-state index contributed by atoms with van der Waals surface area (Å²) in [6, 6.07) is 7.24. The number of hydrogen-bond acceptors (Lipinski definition) is 6. The first kappa shape index (κ1) is 19.1. The molecule has 0 fully saturated rings. The van der Waals surface area contributed by atoms with E-state index in [4.69, 9.17) is 16.9 Å². The van der Waals surface area contributed by atoms with Crippen molar-refractivity contribution in [3.8, 4) is 6.07 Å². The van der Waals surface area contributed by atoms with Gasteiger partial charge in [0.1, 0.15) is 11.8 Å². The molecule has 2 heterocycles. The van der Waals surface area contributed by atoms with E-state index >= 15 is 0 Å². The van der Waals surface area contributed by atoms with Crippen molar-refractivity contribution in [1.82, 2.24) is 14.6 Å². The number of nitro benzene ring substituents is 1. The highest BCUT2D eigenvalue weighted by Crippen LogP contribution is 2.32. The molecule has 0 aliphatic heterocycles. The number of nitriles is 1. The molecule has 1 aromatic carbocycles. The molecule has 0 saturated carbocycles. The SMILES string of the molecule is Cc1cc(C(F)(F)Cl)n2nc(C(=O)Nc3ccc([N+](=O)[O-])cc3C#N)cc2n1. The Balaban J connectivity index is 1.99. The van der Waals surface area contributed by atoms with Crippen molar-refractivity contribution in [1.29, 1.82) is 5.26 Å². The Morgan fingerprint density at radius 1 is 1.39 bits per heavy atom. The van der Waals surface area contributed by atoms with E-state index in [0.717, 1.165) is 22.7 Å². The zero-order valence-corrected chi connectivity index (χ0v) is 14.7. The maximum absolute atomic E-state index is 13.6. The summed E-state index contributed by atoms with van der Waals surface area (Å²) >= 11 is 5.09. The van der Waals surface area contributed by atoms with E-state index in [-0.39, 0.29) is 34.0 Å². The molecule has 142 valence electrons. The quantitative estimate of drug-likeness (QED) is 0.402. The largest absolute Gasteiger partial charge is 0.364 e. The van der Waals surface area contributed by atoms with Gasteiger partial charge < -0.3 is 5.32 Å². The molecule has 28 heavy (non-hydrogen) atoms. The van der Waals surface area contributed by atoms with Crippen LogP contribution in [0.4, 0.5) is 20.2 Å². The van der Waals surface area contributed by atoms with Gasteiger partial charge in [-0.15, -0.1) is 0 Å². The number of carbonyl (C=O) groups excluding carboxylic acids is 1. The molecule has 0 aliphatic rings. The lowest BCUT2D eigenvalue weighted by molar-refractivity contribution is -0.384. The summed E-state index contributed by atoms with van der Waals surface area (Å²) in [6.07, 6.45) is 0. The fraction of sp³-hybridized carbons (Fsp3) is 0.125. The molecular formula is C16H9ClF2N6O3. The number of amides is 1. The summed E-state index contributed by atoms with van der Waals surface area (Å²) in [4.78, 5) is 26.6. The van der Waals surface area contributed by atoms with Crippen LogP contribution in [0.5, 0.6) is 0 Å². The van der Waals surface area contributed by atoms with Gasteiger partial charge in [0, 0.05) is 23.9 Å². The molecule has 3 aromatic rings. The lowest BCUT2D eigenvalue weighted by Gasteiger charge is -2.10. The summed E-state index contributed by atoms with van der Waals surface area (Å²) in [7, 11) is 0. The second-order valence-corrected chi connectivity index (χ2v) is 6.11. The van der Waals surface area contributed by atoms with Crippen molar-refractivity contribution in [3.63, 3.8) is 0 Å². The van der Waals surface area contributed by atoms with Gasteiger partial charge in [-0.3, -0.25) is 14.9 Å². The normalized spacial score (nSPS) is 11.2. The lowest BCUT2D eigenvalue weighted by atomic mass is 10.1. The molecule has 0 atom stereocenters. The van der Waals surface area contributed by atoms with Crippen LogP contribution < -0.4 is 5.32 Å². The zero-order valence-electron chi connectivity index (χ0n) is 14.0. The highest BCUT2D eigenvalue weighted by molar-refractivity contribution is 6.21. The van der Waals surface area contributed by atoms with Crippen molar-refractivity contribution < 1.29 is 18.5 Å². The Labute approximate surface area is 160 Å². The van der Waals surface area contributed by atoms with Gasteiger partial charge in [0.25, 0.3) is 11.6 Å². The number of aromatic nitrogens is 3. The van der Waals surface area contributed by atoms with Crippen molar-refractivity contribution in [2.75, 3.05) is 5.32 Å². The number of rotatable bonds is 4. The molecule has 0 saturated heterocycles. The monoisotopic (exact) mass is 406 g/mol. The van der Waals surface area contributed by atoms with Crippen LogP contribution in [0.25, 0.3) is 5.65 Å². The van der Waals surface area contributed by atoms with Crippen molar-refractivity contribution in [3.05, 3.63) is 63.1 Å². The van der Waals surface area contributed by atoms with Crippen molar-refractivity contribution in [2.45, 2.75) is 12.3 Å². The second-order valence-electron chi connectivity index (χ2n) is 5.63. The molecular weight excluding hydrogens is 398 g/mol. The molecule has 0 aliphatic carbocycles. The average molecular weight is 407 g/mol. The minimum absolute atomic E-state index is 0.00203. The van der Waals surface area contributed by atoms with E-state index in [1.165, 1.54) is 19.1 Å². The van der Waals surface area contributed by atoms with Crippen molar-refractivity contribution in [2.24, 2.45) is 0 Å². The van der Waals surface area contributed by atoms with Gasteiger partial charge in [-0.05, 0) is 30.7 Å². The second kappa shape index (κ2) is 6.82.